The molecule has 0 aliphatic carbocycles. The number of ether oxygens (including phenoxy) is 2. The zero-order valence-electron chi connectivity index (χ0n) is 15.1. The van der Waals surface area contributed by atoms with E-state index in [9.17, 15) is 9.59 Å². The van der Waals surface area contributed by atoms with E-state index in [4.69, 9.17) is 9.47 Å². The predicted molar refractivity (Wildman–Crippen MR) is 103 cm³/mol. The number of aromatic nitrogens is 1. The summed E-state index contributed by atoms with van der Waals surface area (Å²) in [6.45, 7) is 4.54. The van der Waals surface area contributed by atoms with E-state index in [0.29, 0.717) is 28.7 Å². The topological polar surface area (TPSA) is 77.5 Å². The number of methoxy groups -OCH3 is 1. The van der Waals surface area contributed by atoms with Crippen molar-refractivity contribution in [1.82, 2.24) is 4.98 Å². The number of thiazole rings is 1. The van der Waals surface area contributed by atoms with Crippen LogP contribution in [0.15, 0.2) is 30.3 Å². The second-order valence-corrected chi connectivity index (χ2v) is 6.35. The normalized spacial score (nSPS) is 10.7. The molecule has 0 spiro atoms. The van der Waals surface area contributed by atoms with E-state index in [1.54, 1.807) is 6.08 Å². The van der Waals surface area contributed by atoms with Gasteiger partial charge < -0.3 is 9.47 Å². The number of aryl methyl sites for hydroxylation is 1. The summed E-state index contributed by atoms with van der Waals surface area (Å²) in [4.78, 5) is 28.6. The van der Waals surface area contributed by atoms with Crippen molar-refractivity contribution in [3.63, 3.8) is 0 Å². The largest absolute Gasteiger partial charge is 0.493 e. The van der Waals surface area contributed by atoms with Gasteiger partial charge in [-0.2, -0.15) is 0 Å². The summed E-state index contributed by atoms with van der Waals surface area (Å²) in [5, 5.41) is 3.05. The maximum absolute atomic E-state index is 12.2. The van der Waals surface area contributed by atoms with Crippen LogP contribution < -0.4 is 10.1 Å². The zero-order chi connectivity index (χ0) is 18.9. The highest BCUT2D eigenvalue weighted by molar-refractivity contribution is 7.17. The van der Waals surface area contributed by atoms with Gasteiger partial charge in [-0.15, -0.1) is 0 Å². The van der Waals surface area contributed by atoms with Gasteiger partial charge in [0.2, 0.25) is 5.91 Å². The summed E-state index contributed by atoms with van der Waals surface area (Å²) in [6, 6.07) is 7.51. The molecule has 1 amide bonds. The number of nitrogens with one attached hydrogen (secondary N) is 1. The number of esters is 1. The molecule has 1 N–H and O–H groups in total. The van der Waals surface area contributed by atoms with E-state index in [1.165, 1.54) is 13.2 Å². The first-order valence-corrected chi connectivity index (χ1v) is 9.19. The van der Waals surface area contributed by atoms with Gasteiger partial charge in [0.25, 0.3) is 0 Å². The molecule has 0 unspecified atom stereocenters. The number of rotatable bonds is 8. The highest BCUT2D eigenvalue weighted by atomic mass is 32.1. The van der Waals surface area contributed by atoms with E-state index in [-0.39, 0.29) is 5.91 Å². The number of anilines is 1. The molecule has 2 aromatic rings. The van der Waals surface area contributed by atoms with Gasteiger partial charge in [0, 0.05) is 11.6 Å². The van der Waals surface area contributed by atoms with E-state index in [2.05, 4.69) is 10.3 Å². The van der Waals surface area contributed by atoms with E-state index in [1.807, 2.05) is 38.1 Å². The van der Waals surface area contributed by atoms with Crippen LogP contribution in [0.5, 0.6) is 5.75 Å². The Bertz CT molecular complexity index is 799. The van der Waals surface area contributed by atoms with Gasteiger partial charge in [-0.1, -0.05) is 43.4 Å². The van der Waals surface area contributed by atoms with Gasteiger partial charge in [0.1, 0.15) is 10.6 Å². The van der Waals surface area contributed by atoms with Gasteiger partial charge in [-0.3, -0.25) is 10.1 Å². The molecule has 0 aliphatic heterocycles. The van der Waals surface area contributed by atoms with Crippen LogP contribution in [0.2, 0.25) is 0 Å². The standard InChI is InChI=1S/C19H22N2O4S/c1-4-12-25-15-9-7-6-8-13(15)10-11-16(22)21-19-20-14(5-2)17(26-19)18(23)24-3/h6-11H,4-5,12H2,1-3H3,(H,20,21,22)/b11-10+. The Hall–Kier alpha value is -2.67. The minimum absolute atomic E-state index is 0.330. The second-order valence-electron chi connectivity index (χ2n) is 5.35. The van der Waals surface area contributed by atoms with Gasteiger partial charge in [0.15, 0.2) is 5.13 Å². The van der Waals surface area contributed by atoms with Crippen molar-refractivity contribution in [3.05, 3.63) is 46.5 Å². The Morgan fingerprint density at radius 1 is 1.27 bits per heavy atom. The summed E-state index contributed by atoms with van der Waals surface area (Å²) in [7, 11) is 1.32. The van der Waals surface area contributed by atoms with Crippen LogP contribution in [0.3, 0.4) is 0 Å². The summed E-state index contributed by atoms with van der Waals surface area (Å²) >= 11 is 1.10. The number of amides is 1. The molecule has 26 heavy (non-hydrogen) atoms. The molecule has 1 heterocycles. The number of carbonyl (C=O) groups is 2. The highest BCUT2D eigenvalue weighted by Crippen LogP contribution is 2.24. The fourth-order valence-electron chi connectivity index (χ4n) is 2.17. The quantitative estimate of drug-likeness (QED) is 0.559. The maximum Gasteiger partial charge on any atom is 0.350 e. The molecule has 0 saturated heterocycles. The maximum atomic E-state index is 12.2. The Labute approximate surface area is 156 Å². The first-order chi connectivity index (χ1) is 12.6. The van der Waals surface area contributed by atoms with E-state index >= 15 is 0 Å². The Morgan fingerprint density at radius 2 is 2.04 bits per heavy atom. The van der Waals surface area contributed by atoms with Crippen LogP contribution in [0.25, 0.3) is 6.08 Å². The first kappa shape index (κ1) is 19.7. The molecule has 0 bridgehead atoms. The molecule has 7 heteroatoms. The van der Waals surface area contributed by atoms with Crippen LogP contribution in [0, 0.1) is 0 Å². The van der Waals surface area contributed by atoms with Gasteiger partial charge in [-0.05, 0) is 25.0 Å². The molecule has 0 saturated carbocycles. The van der Waals surface area contributed by atoms with Gasteiger partial charge in [-0.25, -0.2) is 9.78 Å². The average molecular weight is 374 g/mol. The summed E-state index contributed by atoms with van der Waals surface area (Å²) in [5.41, 5.74) is 1.43. The number of para-hydroxylation sites is 1. The lowest BCUT2D eigenvalue weighted by atomic mass is 10.2. The molecule has 6 nitrogen and oxygen atoms in total. The molecule has 138 valence electrons. The van der Waals surface area contributed by atoms with Crippen LogP contribution in [-0.4, -0.2) is 30.6 Å². The number of carbonyl (C=O) groups excluding carboxylic acids is 2. The SMILES string of the molecule is CCCOc1ccccc1/C=C/C(=O)Nc1nc(CC)c(C(=O)OC)s1. The summed E-state index contributed by atoms with van der Waals surface area (Å²) in [6.07, 6.45) is 4.59. The van der Waals surface area contributed by atoms with Gasteiger partial charge in [0.05, 0.1) is 19.4 Å². The molecule has 0 fully saturated rings. The molecule has 0 aliphatic rings. The number of nitrogens with zero attached hydrogens (tertiary/aromatic N) is 1. The van der Waals surface area contributed by atoms with Crippen LogP contribution >= 0.6 is 11.3 Å². The highest BCUT2D eigenvalue weighted by Gasteiger charge is 2.18. The van der Waals surface area contributed by atoms with Crippen molar-refractivity contribution in [2.45, 2.75) is 26.7 Å². The minimum atomic E-state index is -0.447. The smallest absolute Gasteiger partial charge is 0.350 e. The molecule has 0 atom stereocenters. The monoisotopic (exact) mass is 374 g/mol. The Morgan fingerprint density at radius 3 is 2.73 bits per heavy atom. The Balaban J connectivity index is 2.08. The fourth-order valence-corrected chi connectivity index (χ4v) is 3.15. The summed E-state index contributed by atoms with van der Waals surface area (Å²) in [5.74, 6) is -0.0469. The van der Waals surface area contributed by atoms with Crippen LogP contribution in [-0.2, 0) is 16.0 Å². The molecule has 2 rings (SSSR count). The second kappa shape index (κ2) is 9.72. The average Bonchev–Trinajstić information content (AvgIpc) is 3.07. The van der Waals surface area contributed by atoms with Crippen LogP contribution in [0.4, 0.5) is 5.13 Å². The van der Waals surface area contributed by atoms with Crippen molar-refractivity contribution in [2.24, 2.45) is 0 Å². The fraction of sp³-hybridized carbons (Fsp3) is 0.316. The molecule has 1 aromatic carbocycles. The number of benzene rings is 1. The van der Waals surface area contributed by atoms with Crippen molar-refractivity contribution in [1.29, 1.82) is 0 Å². The lowest BCUT2D eigenvalue weighted by molar-refractivity contribution is -0.111. The number of hydrogen-bond acceptors (Lipinski definition) is 6. The third-order valence-electron chi connectivity index (χ3n) is 3.43. The lowest BCUT2D eigenvalue weighted by Crippen LogP contribution is -2.07. The molecular formula is C19H22N2O4S. The van der Waals surface area contributed by atoms with Crippen molar-refractivity contribution in [2.75, 3.05) is 19.0 Å². The van der Waals surface area contributed by atoms with E-state index in [0.717, 1.165) is 29.1 Å². The lowest BCUT2D eigenvalue weighted by Gasteiger charge is -2.07. The molecular weight excluding hydrogens is 352 g/mol. The molecule has 1 aromatic heterocycles. The summed E-state index contributed by atoms with van der Waals surface area (Å²) < 4.78 is 10.4. The minimum Gasteiger partial charge on any atom is -0.493 e. The van der Waals surface area contributed by atoms with Crippen LogP contribution in [0.1, 0.15) is 41.2 Å². The predicted octanol–water partition coefficient (Wildman–Crippen LogP) is 3.93. The van der Waals surface area contributed by atoms with E-state index < -0.39 is 5.97 Å². The van der Waals surface area contributed by atoms with Crippen molar-refractivity contribution in [3.8, 4) is 5.75 Å². The van der Waals surface area contributed by atoms with Crippen molar-refractivity contribution < 1.29 is 19.1 Å². The molecule has 0 radical (unpaired) electrons. The third kappa shape index (κ3) is 5.16. The Kier molecular flexibility index (Phi) is 7.35. The van der Waals surface area contributed by atoms with Gasteiger partial charge >= 0.3 is 5.97 Å². The zero-order valence-corrected chi connectivity index (χ0v) is 15.9. The third-order valence-corrected chi connectivity index (χ3v) is 4.42. The first-order valence-electron chi connectivity index (χ1n) is 8.37. The van der Waals surface area contributed by atoms with Crippen molar-refractivity contribution >= 4 is 34.4 Å². The number of hydrogen-bond donors (Lipinski definition) is 1.